The van der Waals surface area contributed by atoms with E-state index in [-0.39, 0.29) is 5.91 Å². The van der Waals surface area contributed by atoms with Gasteiger partial charge in [0.2, 0.25) is 5.91 Å². The van der Waals surface area contributed by atoms with Crippen LogP contribution in [-0.4, -0.2) is 15.3 Å². The summed E-state index contributed by atoms with van der Waals surface area (Å²) in [5, 5.41) is 5.59. The first kappa shape index (κ1) is 18.7. The van der Waals surface area contributed by atoms with E-state index in [2.05, 4.69) is 36.5 Å². The summed E-state index contributed by atoms with van der Waals surface area (Å²) in [4.78, 5) is 18.0. The van der Waals surface area contributed by atoms with Gasteiger partial charge in [-0.05, 0) is 23.6 Å². The smallest absolute Gasteiger partial charge is 0.226 e. The van der Waals surface area contributed by atoms with E-state index < -0.39 is 0 Å². The molecule has 0 aliphatic rings. The molecule has 0 spiro atoms. The van der Waals surface area contributed by atoms with Crippen LogP contribution in [0, 0.1) is 0 Å². The van der Waals surface area contributed by atoms with Gasteiger partial charge in [0.15, 0.2) is 4.96 Å². The van der Waals surface area contributed by atoms with Crippen LogP contribution in [0.5, 0.6) is 0 Å². The number of imidazole rings is 1. The summed E-state index contributed by atoms with van der Waals surface area (Å²) in [6.07, 6.45) is 3.32. The normalized spacial score (nSPS) is 11.1. The number of benzene rings is 2. The maximum atomic E-state index is 12.4. The van der Waals surface area contributed by atoms with Gasteiger partial charge in [-0.25, -0.2) is 4.98 Å². The van der Waals surface area contributed by atoms with E-state index in [1.165, 1.54) is 5.56 Å². The number of aryl methyl sites for hydroxylation is 1. The second-order valence-electron chi connectivity index (χ2n) is 6.60. The van der Waals surface area contributed by atoms with Gasteiger partial charge in [0, 0.05) is 34.4 Å². The summed E-state index contributed by atoms with van der Waals surface area (Å²) >= 11 is 7.69. The van der Waals surface area contributed by atoms with Crippen LogP contribution in [0.1, 0.15) is 23.7 Å². The number of thiazole rings is 1. The number of rotatable bonds is 6. The van der Waals surface area contributed by atoms with Crippen LogP contribution in [0.15, 0.2) is 60.1 Å². The second-order valence-corrected chi connectivity index (χ2v) is 7.84. The fourth-order valence-corrected chi connectivity index (χ4v) is 4.14. The van der Waals surface area contributed by atoms with Crippen LogP contribution in [0.3, 0.4) is 0 Å². The van der Waals surface area contributed by atoms with Gasteiger partial charge >= 0.3 is 0 Å². The fourth-order valence-electron chi connectivity index (χ4n) is 3.07. The zero-order valence-corrected chi connectivity index (χ0v) is 17.1. The SMILES string of the molecule is CCc1ccc(-c2cn3c(CC(=O)NCc4ccccc4Cl)csc3n2)cc1. The van der Waals surface area contributed by atoms with Gasteiger partial charge in [-0.3, -0.25) is 9.20 Å². The van der Waals surface area contributed by atoms with Crippen molar-refractivity contribution in [3.63, 3.8) is 0 Å². The largest absolute Gasteiger partial charge is 0.352 e. The van der Waals surface area contributed by atoms with Crippen molar-refractivity contribution in [2.75, 3.05) is 0 Å². The summed E-state index contributed by atoms with van der Waals surface area (Å²) in [5.74, 6) is -0.0397. The third-order valence-corrected chi connectivity index (χ3v) is 5.97. The van der Waals surface area contributed by atoms with E-state index in [1.54, 1.807) is 11.3 Å². The number of hydrogen-bond donors (Lipinski definition) is 1. The molecule has 1 N–H and O–H groups in total. The molecule has 4 rings (SSSR count). The van der Waals surface area contributed by atoms with E-state index in [4.69, 9.17) is 16.6 Å². The molecule has 2 heterocycles. The lowest BCUT2D eigenvalue weighted by Crippen LogP contribution is -2.25. The van der Waals surface area contributed by atoms with Crippen LogP contribution in [0.25, 0.3) is 16.2 Å². The molecule has 4 aromatic rings. The molecule has 2 aromatic heterocycles. The lowest BCUT2D eigenvalue weighted by Gasteiger charge is -2.06. The third kappa shape index (κ3) is 3.96. The molecule has 0 aliphatic carbocycles. The van der Waals surface area contributed by atoms with Crippen LogP contribution >= 0.6 is 22.9 Å². The Morgan fingerprint density at radius 1 is 1.18 bits per heavy atom. The molecule has 2 aromatic carbocycles. The van der Waals surface area contributed by atoms with Gasteiger partial charge in [0.1, 0.15) is 0 Å². The standard InChI is InChI=1S/C22H20ClN3OS/c1-2-15-7-9-16(10-8-15)20-13-26-18(14-28-22(26)25-20)11-21(27)24-12-17-5-3-4-6-19(17)23/h3-10,13-14H,2,11-12H2,1H3,(H,24,27). The van der Waals surface area contributed by atoms with E-state index in [9.17, 15) is 4.79 Å². The average Bonchev–Trinajstić information content (AvgIpc) is 3.29. The van der Waals surface area contributed by atoms with E-state index >= 15 is 0 Å². The highest BCUT2D eigenvalue weighted by atomic mass is 35.5. The van der Waals surface area contributed by atoms with E-state index in [0.717, 1.165) is 33.9 Å². The predicted molar refractivity (Wildman–Crippen MR) is 115 cm³/mol. The number of carbonyl (C=O) groups excluding carboxylic acids is 1. The Bertz CT molecular complexity index is 1110. The lowest BCUT2D eigenvalue weighted by atomic mass is 10.1. The Hall–Kier alpha value is -2.63. The van der Waals surface area contributed by atoms with Crippen LogP contribution in [0.2, 0.25) is 5.02 Å². The summed E-state index contributed by atoms with van der Waals surface area (Å²) in [6, 6.07) is 16.0. The van der Waals surface area contributed by atoms with Crippen molar-refractivity contribution in [1.29, 1.82) is 0 Å². The molecule has 6 heteroatoms. The monoisotopic (exact) mass is 409 g/mol. The number of nitrogens with one attached hydrogen (secondary N) is 1. The summed E-state index contributed by atoms with van der Waals surface area (Å²) in [5.41, 5.74) is 5.16. The van der Waals surface area contributed by atoms with Crippen molar-refractivity contribution in [1.82, 2.24) is 14.7 Å². The van der Waals surface area contributed by atoms with E-state index in [0.29, 0.717) is 18.0 Å². The number of fused-ring (bicyclic) bond motifs is 1. The van der Waals surface area contributed by atoms with E-state index in [1.807, 2.05) is 40.2 Å². The number of carbonyl (C=O) groups is 1. The summed E-state index contributed by atoms with van der Waals surface area (Å²) in [6.45, 7) is 2.56. The molecular weight excluding hydrogens is 390 g/mol. The Balaban J connectivity index is 1.47. The number of halogens is 1. The first-order valence-corrected chi connectivity index (χ1v) is 10.4. The predicted octanol–water partition coefficient (Wildman–Crippen LogP) is 5.14. The maximum Gasteiger partial charge on any atom is 0.226 e. The topological polar surface area (TPSA) is 46.4 Å². The van der Waals surface area contributed by atoms with Gasteiger partial charge in [0.05, 0.1) is 12.1 Å². The van der Waals surface area contributed by atoms with Crippen LogP contribution < -0.4 is 5.32 Å². The molecule has 0 unspecified atom stereocenters. The lowest BCUT2D eigenvalue weighted by molar-refractivity contribution is -0.120. The molecule has 0 fully saturated rings. The minimum atomic E-state index is -0.0397. The van der Waals surface area contributed by atoms with Gasteiger partial charge in [-0.15, -0.1) is 11.3 Å². The molecule has 0 aliphatic heterocycles. The highest BCUT2D eigenvalue weighted by molar-refractivity contribution is 7.15. The highest BCUT2D eigenvalue weighted by Gasteiger charge is 2.13. The molecule has 0 radical (unpaired) electrons. The highest BCUT2D eigenvalue weighted by Crippen LogP contribution is 2.24. The van der Waals surface area contributed by atoms with Crippen molar-refractivity contribution in [2.45, 2.75) is 26.3 Å². The fraction of sp³-hybridized carbons (Fsp3) is 0.182. The third-order valence-electron chi connectivity index (χ3n) is 4.72. The van der Waals surface area contributed by atoms with Crippen molar-refractivity contribution in [3.05, 3.63) is 82.0 Å². The Morgan fingerprint density at radius 3 is 2.71 bits per heavy atom. The molecule has 4 nitrogen and oxygen atoms in total. The van der Waals surface area contributed by atoms with Crippen LogP contribution in [-0.2, 0) is 24.2 Å². The van der Waals surface area contributed by atoms with Gasteiger partial charge in [0.25, 0.3) is 0 Å². The van der Waals surface area contributed by atoms with Crippen LogP contribution in [0.4, 0.5) is 0 Å². The quantitative estimate of drug-likeness (QED) is 0.479. The second kappa shape index (κ2) is 8.17. The molecule has 0 bridgehead atoms. The number of amides is 1. The van der Waals surface area contributed by atoms with Crippen molar-refractivity contribution in [3.8, 4) is 11.3 Å². The van der Waals surface area contributed by atoms with Crippen molar-refractivity contribution >= 4 is 33.8 Å². The first-order valence-electron chi connectivity index (χ1n) is 9.19. The molecule has 1 amide bonds. The van der Waals surface area contributed by atoms with Gasteiger partial charge in [-0.2, -0.15) is 0 Å². The molecule has 0 atom stereocenters. The maximum absolute atomic E-state index is 12.4. The number of aromatic nitrogens is 2. The zero-order chi connectivity index (χ0) is 19.5. The molecule has 0 saturated carbocycles. The Labute approximate surface area is 172 Å². The molecule has 28 heavy (non-hydrogen) atoms. The minimum Gasteiger partial charge on any atom is -0.352 e. The van der Waals surface area contributed by atoms with Gasteiger partial charge in [-0.1, -0.05) is 61.0 Å². The average molecular weight is 410 g/mol. The molecule has 0 saturated heterocycles. The van der Waals surface area contributed by atoms with Crippen molar-refractivity contribution in [2.24, 2.45) is 0 Å². The minimum absolute atomic E-state index is 0.0397. The Morgan fingerprint density at radius 2 is 1.96 bits per heavy atom. The number of hydrogen-bond acceptors (Lipinski definition) is 3. The number of nitrogens with zero attached hydrogens (tertiary/aromatic N) is 2. The summed E-state index contributed by atoms with van der Waals surface area (Å²) < 4.78 is 2.00. The summed E-state index contributed by atoms with van der Waals surface area (Å²) in [7, 11) is 0. The first-order chi connectivity index (χ1) is 13.6. The van der Waals surface area contributed by atoms with Gasteiger partial charge < -0.3 is 5.32 Å². The van der Waals surface area contributed by atoms with Crippen molar-refractivity contribution < 1.29 is 4.79 Å². The Kier molecular flexibility index (Phi) is 5.46. The zero-order valence-electron chi connectivity index (χ0n) is 15.5. The molecular formula is C22H20ClN3OS. The molecule has 142 valence electrons.